The van der Waals surface area contributed by atoms with Gasteiger partial charge in [0.15, 0.2) is 0 Å². The topological polar surface area (TPSA) is 23.5 Å². The molecule has 2 rings (SSSR count). The van der Waals surface area contributed by atoms with Crippen molar-refractivity contribution in [1.82, 2.24) is 4.90 Å². The van der Waals surface area contributed by atoms with Crippen molar-refractivity contribution >= 4 is 24.2 Å². The smallest absolute Gasteiger partial charge is 0.0757 e. The highest BCUT2D eigenvalue weighted by atomic mass is 35.5. The molecule has 1 aliphatic heterocycles. The molecular weight excluding hydrogens is 266 g/mol. The van der Waals surface area contributed by atoms with E-state index in [1.165, 1.54) is 31.5 Å². The van der Waals surface area contributed by atoms with E-state index in [9.17, 15) is 5.11 Å². The molecular formula is C14H22ClNOS. The molecule has 4 heteroatoms. The number of rotatable bonds is 6. The molecule has 1 unspecified atom stereocenters. The lowest BCUT2D eigenvalue weighted by atomic mass is 10.2. The van der Waals surface area contributed by atoms with Crippen molar-refractivity contribution in [2.45, 2.75) is 24.7 Å². The van der Waals surface area contributed by atoms with E-state index in [1.807, 2.05) is 17.8 Å². The second-order valence-electron chi connectivity index (χ2n) is 4.66. The van der Waals surface area contributed by atoms with Crippen LogP contribution in [0.4, 0.5) is 0 Å². The van der Waals surface area contributed by atoms with E-state index in [2.05, 4.69) is 29.2 Å². The van der Waals surface area contributed by atoms with Crippen LogP contribution >= 0.6 is 24.2 Å². The second-order valence-corrected chi connectivity index (χ2v) is 5.69. The van der Waals surface area contributed by atoms with Crippen LogP contribution in [0.2, 0.25) is 0 Å². The Labute approximate surface area is 120 Å². The number of nitrogens with zero attached hydrogens (tertiary/aromatic N) is 1. The van der Waals surface area contributed by atoms with Gasteiger partial charge < -0.3 is 10.0 Å². The van der Waals surface area contributed by atoms with Crippen molar-refractivity contribution in [1.29, 1.82) is 0 Å². The van der Waals surface area contributed by atoms with Crippen LogP contribution in [0.1, 0.15) is 18.4 Å². The van der Waals surface area contributed by atoms with Gasteiger partial charge in [0.2, 0.25) is 0 Å². The number of β-amino-alcohol motifs (C(OH)–C–C–N with tert-alkyl or cyclic N) is 1. The number of thioether (sulfide) groups is 1. The zero-order valence-corrected chi connectivity index (χ0v) is 12.3. The monoisotopic (exact) mass is 287 g/mol. The summed E-state index contributed by atoms with van der Waals surface area (Å²) in [6, 6.07) is 10.4. The third-order valence-electron chi connectivity index (χ3n) is 3.09. The Kier molecular flexibility index (Phi) is 7.75. The minimum Gasteiger partial charge on any atom is -0.391 e. The van der Waals surface area contributed by atoms with Crippen LogP contribution in [-0.2, 0) is 5.75 Å². The lowest BCUT2D eigenvalue weighted by Gasteiger charge is -2.18. The first-order valence-electron chi connectivity index (χ1n) is 6.36. The maximum absolute atomic E-state index is 9.93. The van der Waals surface area contributed by atoms with Crippen LogP contribution < -0.4 is 0 Å². The minimum absolute atomic E-state index is 0. The molecule has 1 fully saturated rings. The van der Waals surface area contributed by atoms with Crippen molar-refractivity contribution in [2.75, 3.05) is 25.4 Å². The van der Waals surface area contributed by atoms with E-state index in [0.29, 0.717) is 0 Å². The fourth-order valence-corrected chi connectivity index (χ4v) is 3.13. The molecule has 1 heterocycles. The minimum atomic E-state index is -0.179. The molecule has 0 spiro atoms. The molecule has 1 saturated heterocycles. The van der Waals surface area contributed by atoms with Crippen molar-refractivity contribution < 1.29 is 5.11 Å². The van der Waals surface area contributed by atoms with Gasteiger partial charge in [-0.15, -0.1) is 12.4 Å². The molecule has 0 aromatic heterocycles. The van der Waals surface area contributed by atoms with Gasteiger partial charge >= 0.3 is 0 Å². The van der Waals surface area contributed by atoms with Crippen LogP contribution in [0, 0.1) is 0 Å². The molecule has 0 aliphatic carbocycles. The Hall–Kier alpha value is -0.220. The average Bonchev–Trinajstić information content (AvgIpc) is 2.83. The standard InChI is InChI=1S/C14H21NOS.ClH/c16-14(10-15-8-4-5-9-15)12-17-11-13-6-2-1-3-7-13;/h1-3,6-7,14,16H,4-5,8-12H2;1H. The highest BCUT2D eigenvalue weighted by Gasteiger charge is 2.15. The van der Waals surface area contributed by atoms with Gasteiger partial charge in [-0.2, -0.15) is 11.8 Å². The molecule has 1 aromatic carbocycles. The van der Waals surface area contributed by atoms with Crippen LogP contribution in [0.15, 0.2) is 30.3 Å². The van der Waals surface area contributed by atoms with Crippen LogP contribution in [0.3, 0.4) is 0 Å². The zero-order chi connectivity index (χ0) is 11.9. The highest BCUT2D eigenvalue weighted by Crippen LogP contribution is 2.14. The van der Waals surface area contributed by atoms with E-state index in [0.717, 1.165) is 18.1 Å². The molecule has 0 radical (unpaired) electrons. The molecule has 0 amide bonds. The van der Waals surface area contributed by atoms with Gasteiger partial charge in [0.05, 0.1) is 6.10 Å². The van der Waals surface area contributed by atoms with Gasteiger partial charge in [0, 0.05) is 18.1 Å². The maximum Gasteiger partial charge on any atom is 0.0757 e. The van der Waals surface area contributed by atoms with E-state index in [1.54, 1.807) is 0 Å². The fraction of sp³-hybridized carbons (Fsp3) is 0.571. The lowest BCUT2D eigenvalue weighted by Crippen LogP contribution is -2.31. The first-order chi connectivity index (χ1) is 8.34. The summed E-state index contributed by atoms with van der Waals surface area (Å²) in [5.74, 6) is 1.84. The molecule has 102 valence electrons. The number of aliphatic hydroxyl groups is 1. The average molecular weight is 288 g/mol. The molecule has 1 atom stereocenters. The Bertz CT molecular complexity index is 317. The highest BCUT2D eigenvalue weighted by molar-refractivity contribution is 7.98. The summed E-state index contributed by atoms with van der Waals surface area (Å²) in [6.45, 7) is 3.18. The second kappa shape index (κ2) is 8.81. The number of aliphatic hydroxyl groups excluding tert-OH is 1. The fourth-order valence-electron chi connectivity index (χ4n) is 2.20. The zero-order valence-electron chi connectivity index (χ0n) is 10.6. The van der Waals surface area contributed by atoms with Gasteiger partial charge in [-0.25, -0.2) is 0 Å². The Morgan fingerprint density at radius 2 is 1.83 bits per heavy atom. The molecule has 0 bridgehead atoms. The van der Waals surface area contributed by atoms with Crippen molar-refractivity contribution in [3.05, 3.63) is 35.9 Å². The van der Waals surface area contributed by atoms with Crippen LogP contribution in [-0.4, -0.2) is 41.5 Å². The number of hydrogen-bond acceptors (Lipinski definition) is 3. The summed E-state index contributed by atoms with van der Waals surface area (Å²) in [4.78, 5) is 2.37. The third-order valence-corrected chi connectivity index (χ3v) is 4.25. The SMILES string of the molecule is Cl.OC(CSCc1ccccc1)CN1CCCC1. The number of benzene rings is 1. The van der Waals surface area contributed by atoms with Gasteiger partial charge in [-0.1, -0.05) is 30.3 Å². The lowest BCUT2D eigenvalue weighted by molar-refractivity contribution is 0.144. The predicted molar refractivity (Wildman–Crippen MR) is 81.5 cm³/mol. The number of likely N-dealkylation sites (tertiary alicyclic amines) is 1. The van der Waals surface area contributed by atoms with Crippen molar-refractivity contribution in [2.24, 2.45) is 0 Å². The van der Waals surface area contributed by atoms with E-state index in [4.69, 9.17) is 0 Å². The van der Waals surface area contributed by atoms with Gasteiger partial charge in [-0.05, 0) is 31.5 Å². The predicted octanol–water partition coefficient (Wildman–Crippen LogP) is 2.80. The van der Waals surface area contributed by atoms with Gasteiger partial charge in [0.25, 0.3) is 0 Å². The van der Waals surface area contributed by atoms with E-state index >= 15 is 0 Å². The molecule has 1 N–H and O–H groups in total. The van der Waals surface area contributed by atoms with E-state index in [-0.39, 0.29) is 18.5 Å². The third kappa shape index (κ3) is 5.61. The molecule has 18 heavy (non-hydrogen) atoms. The van der Waals surface area contributed by atoms with Crippen molar-refractivity contribution in [3.8, 4) is 0 Å². The van der Waals surface area contributed by atoms with Crippen molar-refractivity contribution in [3.63, 3.8) is 0 Å². The van der Waals surface area contributed by atoms with Gasteiger partial charge in [-0.3, -0.25) is 0 Å². The van der Waals surface area contributed by atoms with Crippen LogP contribution in [0.25, 0.3) is 0 Å². The summed E-state index contributed by atoms with van der Waals surface area (Å²) in [7, 11) is 0. The Morgan fingerprint density at radius 3 is 2.50 bits per heavy atom. The Morgan fingerprint density at radius 1 is 1.17 bits per heavy atom. The summed E-state index contributed by atoms with van der Waals surface area (Å²) >= 11 is 1.82. The molecule has 1 aromatic rings. The Balaban J connectivity index is 0.00000162. The normalized spacial score (nSPS) is 17.4. The summed E-state index contributed by atoms with van der Waals surface area (Å²) in [5.41, 5.74) is 1.34. The largest absolute Gasteiger partial charge is 0.391 e. The first kappa shape index (κ1) is 15.8. The molecule has 2 nitrogen and oxygen atoms in total. The summed E-state index contributed by atoms with van der Waals surface area (Å²) in [6.07, 6.45) is 2.41. The maximum atomic E-state index is 9.93. The van der Waals surface area contributed by atoms with Crippen LogP contribution in [0.5, 0.6) is 0 Å². The quantitative estimate of drug-likeness (QED) is 0.870. The van der Waals surface area contributed by atoms with E-state index < -0.39 is 0 Å². The van der Waals surface area contributed by atoms with Gasteiger partial charge in [0.1, 0.15) is 0 Å². The molecule has 0 saturated carbocycles. The summed E-state index contributed by atoms with van der Waals surface area (Å²) < 4.78 is 0. The molecule has 1 aliphatic rings. The number of hydrogen-bond donors (Lipinski definition) is 1. The first-order valence-corrected chi connectivity index (χ1v) is 7.52. The summed E-state index contributed by atoms with van der Waals surface area (Å²) in [5, 5.41) is 9.93. The number of halogens is 1.